The maximum Gasteiger partial charge on any atom is 0.254 e. The van der Waals surface area contributed by atoms with E-state index >= 15 is 0 Å². The van der Waals surface area contributed by atoms with Gasteiger partial charge in [-0.3, -0.25) is 4.79 Å². The lowest BCUT2D eigenvalue weighted by Crippen LogP contribution is -2.36. The summed E-state index contributed by atoms with van der Waals surface area (Å²) < 4.78 is 11.1. The summed E-state index contributed by atoms with van der Waals surface area (Å²) in [6, 6.07) is 17.2. The summed E-state index contributed by atoms with van der Waals surface area (Å²) in [7, 11) is 1.73. The maximum atomic E-state index is 12.7. The van der Waals surface area contributed by atoms with Crippen LogP contribution in [0.25, 0.3) is 11.5 Å². The van der Waals surface area contributed by atoms with Gasteiger partial charge >= 0.3 is 0 Å². The molecule has 28 heavy (non-hydrogen) atoms. The Bertz CT molecular complexity index is 918. The highest BCUT2D eigenvalue weighted by atomic mass is 16.5. The Morgan fingerprint density at radius 2 is 1.75 bits per heavy atom. The van der Waals surface area contributed by atoms with Crippen LogP contribution < -0.4 is 4.90 Å². The molecule has 144 valence electrons. The molecule has 3 aromatic rings. The second-order valence-corrected chi connectivity index (χ2v) is 6.67. The molecule has 0 unspecified atom stereocenters. The van der Waals surface area contributed by atoms with Crippen molar-refractivity contribution in [3.05, 3.63) is 66.1 Å². The van der Waals surface area contributed by atoms with Crippen molar-refractivity contribution in [2.45, 2.75) is 6.54 Å². The number of anilines is 1. The first-order valence-corrected chi connectivity index (χ1v) is 9.27. The summed E-state index contributed by atoms with van der Waals surface area (Å²) in [5.41, 5.74) is 2.59. The molecule has 0 radical (unpaired) electrons. The zero-order valence-corrected chi connectivity index (χ0v) is 15.7. The Hall–Kier alpha value is -3.19. The van der Waals surface area contributed by atoms with Crippen molar-refractivity contribution in [2.24, 2.45) is 0 Å². The van der Waals surface area contributed by atoms with Gasteiger partial charge in [-0.25, -0.2) is 0 Å². The van der Waals surface area contributed by atoms with Gasteiger partial charge in [-0.1, -0.05) is 18.2 Å². The first-order valence-electron chi connectivity index (χ1n) is 9.27. The fraction of sp³-hybridized carbons (Fsp3) is 0.286. The number of amides is 1. The average molecular weight is 378 g/mol. The molecule has 7 nitrogen and oxygen atoms in total. The molecule has 1 aromatic heterocycles. The van der Waals surface area contributed by atoms with Crippen LogP contribution in [0.4, 0.5) is 5.69 Å². The van der Waals surface area contributed by atoms with Crippen molar-refractivity contribution in [1.82, 2.24) is 15.1 Å². The van der Waals surface area contributed by atoms with Crippen LogP contribution in [0.5, 0.6) is 0 Å². The van der Waals surface area contributed by atoms with Crippen molar-refractivity contribution in [3.63, 3.8) is 0 Å². The van der Waals surface area contributed by atoms with Crippen LogP contribution in [0, 0.1) is 0 Å². The topological polar surface area (TPSA) is 71.7 Å². The van der Waals surface area contributed by atoms with Gasteiger partial charge in [-0.15, -0.1) is 10.2 Å². The average Bonchev–Trinajstić information content (AvgIpc) is 3.23. The molecule has 0 N–H and O–H groups in total. The molecule has 0 saturated carbocycles. The highest BCUT2D eigenvalue weighted by Crippen LogP contribution is 2.19. The molecule has 7 heteroatoms. The van der Waals surface area contributed by atoms with Gasteiger partial charge in [0.15, 0.2) is 0 Å². The van der Waals surface area contributed by atoms with Gasteiger partial charge in [0.2, 0.25) is 11.8 Å². The van der Waals surface area contributed by atoms with Gasteiger partial charge in [0, 0.05) is 37.0 Å². The molecule has 0 aliphatic carbocycles. The third-order valence-corrected chi connectivity index (χ3v) is 4.70. The van der Waals surface area contributed by atoms with Crippen LogP contribution in [-0.2, 0) is 11.3 Å². The molecule has 1 aliphatic heterocycles. The first kappa shape index (κ1) is 18.2. The number of aromatic nitrogens is 2. The van der Waals surface area contributed by atoms with E-state index in [9.17, 15) is 4.79 Å². The molecular formula is C21H22N4O3. The minimum absolute atomic E-state index is 0.0898. The van der Waals surface area contributed by atoms with Gasteiger partial charge in [-0.2, -0.15) is 0 Å². The van der Waals surface area contributed by atoms with Gasteiger partial charge in [0.05, 0.1) is 19.8 Å². The lowest BCUT2D eigenvalue weighted by Gasteiger charge is -2.29. The molecule has 1 fully saturated rings. The fourth-order valence-electron chi connectivity index (χ4n) is 3.15. The lowest BCUT2D eigenvalue weighted by atomic mass is 10.1. The zero-order valence-electron chi connectivity index (χ0n) is 15.7. The second kappa shape index (κ2) is 8.22. The summed E-state index contributed by atoms with van der Waals surface area (Å²) >= 11 is 0. The number of carbonyl (C=O) groups is 1. The van der Waals surface area contributed by atoms with Crippen LogP contribution >= 0.6 is 0 Å². The van der Waals surface area contributed by atoms with Crippen molar-refractivity contribution in [3.8, 4) is 11.5 Å². The van der Waals surface area contributed by atoms with Gasteiger partial charge in [0.1, 0.15) is 0 Å². The maximum absolute atomic E-state index is 12.7. The number of hydrogen-bond acceptors (Lipinski definition) is 6. The summed E-state index contributed by atoms with van der Waals surface area (Å²) in [5, 5.41) is 8.12. The fourth-order valence-corrected chi connectivity index (χ4v) is 3.15. The Morgan fingerprint density at radius 1 is 1.04 bits per heavy atom. The number of benzene rings is 2. The number of rotatable bonds is 5. The normalized spacial score (nSPS) is 14.1. The summed E-state index contributed by atoms with van der Waals surface area (Å²) in [6.07, 6.45) is 0. The monoisotopic (exact) mass is 378 g/mol. The van der Waals surface area contributed by atoms with E-state index in [-0.39, 0.29) is 12.5 Å². The van der Waals surface area contributed by atoms with Gasteiger partial charge in [0.25, 0.3) is 5.91 Å². The number of carbonyl (C=O) groups excluding carboxylic acids is 1. The van der Waals surface area contributed by atoms with E-state index in [1.807, 2.05) is 54.6 Å². The van der Waals surface area contributed by atoms with Crippen molar-refractivity contribution in [1.29, 1.82) is 0 Å². The van der Waals surface area contributed by atoms with E-state index in [0.29, 0.717) is 17.3 Å². The van der Waals surface area contributed by atoms with Crippen molar-refractivity contribution in [2.75, 3.05) is 38.3 Å². The number of hydrogen-bond donors (Lipinski definition) is 0. The van der Waals surface area contributed by atoms with E-state index in [0.717, 1.165) is 37.6 Å². The van der Waals surface area contributed by atoms with Crippen LogP contribution in [0.1, 0.15) is 16.2 Å². The first-order chi connectivity index (χ1) is 13.7. The summed E-state index contributed by atoms with van der Waals surface area (Å²) in [5.74, 6) is 0.763. The minimum atomic E-state index is -0.0898. The van der Waals surface area contributed by atoms with E-state index < -0.39 is 0 Å². The van der Waals surface area contributed by atoms with Crippen LogP contribution in [0.15, 0.2) is 59.0 Å². The highest BCUT2D eigenvalue weighted by Gasteiger charge is 2.17. The molecule has 0 spiro atoms. The Kier molecular flexibility index (Phi) is 5.34. The van der Waals surface area contributed by atoms with E-state index in [1.54, 1.807) is 11.9 Å². The molecule has 1 saturated heterocycles. The van der Waals surface area contributed by atoms with E-state index in [1.165, 1.54) is 0 Å². The number of ether oxygens (including phenoxy) is 1. The molecule has 0 bridgehead atoms. The quantitative estimate of drug-likeness (QED) is 0.680. The van der Waals surface area contributed by atoms with Crippen molar-refractivity contribution < 1.29 is 13.9 Å². The van der Waals surface area contributed by atoms with Gasteiger partial charge < -0.3 is 19.0 Å². The molecule has 1 amide bonds. The standard InChI is InChI=1S/C21H22N4O3/c1-24(15-19-22-23-20(28-19)16-5-3-2-4-6-16)21(26)17-7-9-18(10-8-17)25-11-13-27-14-12-25/h2-10H,11-15H2,1H3. The zero-order chi connectivity index (χ0) is 19.3. The molecule has 2 aromatic carbocycles. The van der Waals surface area contributed by atoms with E-state index in [4.69, 9.17) is 9.15 Å². The minimum Gasteiger partial charge on any atom is -0.419 e. The number of nitrogens with zero attached hydrogens (tertiary/aromatic N) is 4. The van der Waals surface area contributed by atoms with Crippen LogP contribution in [0.2, 0.25) is 0 Å². The predicted octanol–water partition coefficient (Wildman–Crippen LogP) is 2.85. The predicted molar refractivity (Wildman–Crippen MR) is 105 cm³/mol. The molecule has 0 atom stereocenters. The van der Waals surface area contributed by atoms with Crippen molar-refractivity contribution >= 4 is 11.6 Å². The second-order valence-electron chi connectivity index (χ2n) is 6.67. The third kappa shape index (κ3) is 4.04. The Balaban J connectivity index is 1.40. The number of morpholine rings is 1. The Morgan fingerprint density at radius 3 is 2.46 bits per heavy atom. The summed E-state index contributed by atoms with van der Waals surface area (Å²) in [6.45, 7) is 3.46. The van der Waals surface area contributed by atoms with E-state index in [2.05, 4.69) is 15.1 Å². The molecule has 2 heterocycles. The molecule has 1 aliphatic rings. The lowest BCUT2D eigenvalue weighted by molar-refractivity contribution is 0.0773. The largest absolute Gasteiger partial charge is 0.419 e. The smallest absolute Gasteiger partial charge is 0.254 e. The molecule has 4 rings (SSSR count). The van der Waals surface area contributed by atoms with Crippen LogP contribution in [0.3, 0.4) is 0 Å². The SMILES string of the molecule is CN(Cc1nnc(-c2ccccc2)o1)C(=O)c1ccc(N2CCOCC2)cc1. The highest BCUT2D eigenvalue weighted by molar-refractivity contribution is 5.94. The molecular weight excluding hydrogens is 356 g/mol. The van der Waals surface area contributed by atoms with Crippen LogP contribution in [-0.4, -0.2) is 54.4 Å². The van der Waals surface area contributed by atoms with Gasteiger partial charge in [-0.05, 0) is 36.4 Å². The Labute approximate surface area is 163 Å². The summed E-state index contributed by atoms with van der Waals surface area (Å²) in [4.78, 5) is 16.5. The third-order valence-electron chi connectivity index (χ3n) is 4.70.